The number of carbonyl (C=O) groups is 3. The van der Waals surface area contributed by atoms with Gasteiger partial charge in [0.2, 0.25) is 5.91 Å². The van der Waals surface area contributed by atoms with Gasteiger partial charge in [0.05, 0.1) is 17.3 Å². The highest BCUT2D eigenvalue weighted by atomic mass is 16.2. The molecule has 1 saturated heterocycles. The number of amides is 3. The number of nitrogens with one attached hydrogen (secondary N) is 1. The third kappa shape index (κ3) is 2.28. The van der Waals surface area contributed by atoms with Crippen LogP contribution in [0.5, 0.6) is 0 Å². The summed E-state index contributed by atoms with van der Waals surface area (Å²) in [7, 11) is 0. The van der Waals surface area contributed by atoms with Crippen molar-refractivity contribution < 1.29 is 14.4 Å². The third-order valence-corrected chi connectivity index (χ3v) is 10.2. The first kappa shape index (κ1) is 19.4. The first-order valence-electron chi connectivity index (χ1n) is 12.9. The highest BCUT2D eigenvalue weighted by Crippen LogP contribution is 2.62. The predicted molar refractivity (Wildman–Crippen MR) is 124 cm³/mol. The number of hydrazine groups is 1. The van der Waals surface area contributed by atoms with Gasteiger partial charge in [0, 0.05) is 11.8 Å². The molecule has 5 heteroatoms. The Balaban J connectivity index is 1.16. The van der Waals surface area contributed by atoms with E-state index in [-0.39, 0.29) is 29.6 Å². The normalized spacial score (nSPS) is 40.2. The lowest BCUT2D eigenvalue weighted by atomic mass is 9.49. The Morgan fingerprint density at radius 3 is 1.47 bits per heavy atom. The minimum Gasteiger partial charge on any atom is -0.273 e. The number of benzene rings is 2. The summed E-state index contributed by atoms with van der Waals surface area (Å²) in [6, 6.07) is 16.5. The first-order chi connectivity index (χ1) is 16.5. The van der Waals surface area contributed by atoms with Crippen LogP contribution in [0, 0.1) is 35.0 Å². The summed E-state index contributed by atoms with van der Waals surface area (Å²) < 4.78 is 0. The fraction of sp³-hybridized carbons (Fsp3) is 0.483. The molecule has 172 valence electrons. The van der Waals surface area contributed by atoms with Crippen LogP contribution in [0.2, 0.25) is 0 Å². The zero-order valence-corrected chi connectivity index (χ0v) is 19.1. The summed E-state index contributed by atoms with van der Waals surface area (Å²) >= 11 is 0. The fourth-order valence-electron chi connectivity index (χ4n) is 9.40. The van der Waals surface area contributed by atoms with E-state index in [0.29, 0.717) is 17.8 Å². The van der Waals surface area contributed by atoms with Crippen LogP contribution in [0.3, 0.4) is 0 Å². The molecule has 8 aliphatic rings. The lowest BCUT2D eigenvalue weighted by Gasteiger charge is -2.55. The SMILES string of the molecule is O=C1C2C3c4ccccc4C(c4ccccc43)C2C(=O)N1NC(=O)C12CC3CC(CC(C3)C1)C2. The summed E-state index contributed by atoms with van der Waals surface area (Å²) in [5.74, 6) is 0.172. The van der Waals surface area contributed by atoms with Crippen molar-refractivity contribution in [2.75, 3.05) is 0 Å². The molecule has 6 bridgehead atoms. The van der Waals surface area contributed by atoms with Gasteiger partial charge in [0.15, 0.2) is 0 Å². The maximum absolute atomic E-state index is 13.8. The van der Waals surface area contributed by atoms with Gasteiger partial charge in [-0.2, -0.15) is 5.01 Å². The van der Waals surface area contributed by atoms with E-state index in [0.717, 1.165) is 46.5 Å². The summed E-state index contributed by atoms with van der Waals surface area (Å²) in [5, 5.41) is 1.13. The molecule has 1 N–H and O–H groups in total. The minimum absolute atomic E-state index is 0.0886. The van der Waals surface area contributed by atoms with Crippen molar-refractivity contribution >= 4 is 17.7 Å². The fourth-order valence-corrected chi connectivity index (χ4v) is 9.40. The standard InChI is InChI=1S/C29H28N2O3/c32-26-24-22-18-5-1-2-6-19(18)23(21-8-4-3-7-20(21)22)25(24)27(33)31(26)30-28(34)29-12-15-9-16(13-29)11-17(10-15)14-29/h1-8,15-17,22-25H,9-14H2,(H,30,34). The van der Waals surface area contributed by atoms with E-state index in [4.69, 9.17) is 0 Å². The average Bonchev–Trinajstić information content (AvgIpc) is 3.08. The molecule has 34 heavy (non-hydrogen) atoms. The van der Waals surface area contributed by atoms with E-state index in [1.807, 2.05) is 24.3 Å². The Morgan fingerprint density at radius 2 is 1.09 bits per heavy atom. The van der Waals surface area contributed by atoms with Gasteiger partial charge in [0.25, 0.3) is 11.8 Å². The maximum Gasteiger partial charge on any atom is 0.253 e. The van der Waals surface area contributed by atoms with E-state index >= 15 is 0 Å². The molecule has 0 radical (unpaired) electrons. The van der Waals surface area contributed by atoms with Gasteiger partial charge in [0.1, 0.15) is 0 Å². The van der Waals surface area contributed by atoms with Crippen molar-refractivity contribution in [2.24, 2.45) is 35.0 Å². The van der Waals surface area contributed by atoms with Crippen LogP contribution < -0.4 is 5.43 Å². The summed E-state index contributed by atoms with van der Waals surface area (Å²) in [5.41, 5.74) is 7.14. The van der Waals surface area contributed by atoms with Crippen LogP contribution in [0.4, 0.5) is 0 Å². The smallest absolute Gasteiger partial charge is 0.253 e. The number of nitrogens with zero attached hydrogens (tertiary/aromatic N) is 1. The number of imide groups is 1. The van der Waals surface area contributed by atoms with Crippen molar-refractivity contribution in [3.63, 3.8) is 0 Å². The lowest BCUT2D eigenvalue weighted by molar-refractivity contribution is -0.160. The van der Waals surface area contributed by atoms with Gasteiger partial charge < -0.3 is 0 Å². The molecule has 1 aliphatic heterocycles. The molecule has 0 spiro atoms. The number of hydrogen-bond donors (Lipinski definition) is 1. The molecule has 5 fully saturated rings. The van der Waals surface area contributed by atoms with E-state index < -0.39 is 17.3 Å². The molecule has 2 atom stereocenters. The molecule has 4 saturated carbocycles. The van der Waals surface area contributed by atoms with E-state index in [9.17, 15) is 14.4 Å². The van der Waals surface area contributed by atoms with Crippen LogP contribution in [-0.4, -0.2) is 22.7 Å². The molecule has 0 aromatic heterocycles. The van der Waals surface area contributed by atoms with Crippen molar-refractivity contribution in [2.45, 2.75) is 50.4 Å². The maximum atomic E-state index is 13.8. The highest BCUT2D eigenvalue weighted by molar-refractivity contribution is 6.08. The summed E-state index contributed by atoms with van der Waals surface area (Å²) in [6.07, 6.45) is 6.48. The molecule has 2 aromatic carbocycles. The monoisotopic (exact) mass is 452 g/mol. The molecule has 2 aromatic rings. The quantitative estimate of drug-likeness (QED) is 0.697. The summed E-state index contributed by atoms with van der Waals surface area (Å²) in [6.45, 7) is 0. The zero-order chi connectivity index (χ0) is 22.8. The van der Waals surface area contributed by atoms with Crippen molar-refractivity contribution in [3.8, 4) is 0 Å². The van der Waals surface area contributed by atoms with E-state index in [2.05, 4.69) is 29.7 Å². The van der Waals surface area contributed by atoms with Gasteiger partial charge in [-0.25, -0.2) is 0 Å². The molecule has 2 unspecified atom stereocenters. The molecule has 5 nitrogen and oxygen atoms in total. The second-order valence-corrected chi connectivity index (χ2v) is 11.9. The summed E-state index contributed by atoms with van der Waals surface area (Å²) in [4.78, 5) is 41.3. The Labute approximate surface area is 198 Å². The number of rotatable bonds is 2. The van der Waals surface area contributed by atoms with E-state index in [1.165, 1.54) is 19.3 Å². The van der Waals surface area contributed by atoms with Crippen molar-refractivity contribution in [1.82, 2.24) is 10.4 Å². The second kappa shape index (κ2) is 6.38. The van der Waals surface area contributed by atoms with Gasteiger partial charge in [-0.3, -0.25) is 19.8 Å². The molecule has 1 heterocycles. The van der Waals surface area contributed by atoms with Gasteiger partial charge in [-0.1, -0.05) is 48.5 Å². The number of hydrogen-bond acceptors (Lipinski definition) is 3. The molecule has 7 aliphatic carbocycles. The first-order valence-corrected chi connectivity index (χ1v) is 12.9. The highest BCUT2D eigenvalue weighted by Gasteiger charge is 2.63. The Kier molecular flexibility index (Phi) is 3.63. The largest absolute Gasteiger partial charge is 0.273 e. The predicted octanol–water partition coefficient (Wildman–Crippen LogP) is 4.13. The average molecular weight is 453 g/mol. The van der Waals surface area contributed by atoms with Crippen LogP contribution in [0.15, 0.2) is 48.5 Å². The van der Waals surface area contributed by atoms with Crippen LogP contribution in [0.25, 0.3) is 0 Å². The van der Waals surface area contributed by atoms with Crippen molar-refractivity contribution in [1.29, 1.82) is 0 Å². The third-order valence-electron chi connectivity index (χ3n) is 10.2. The van der Waals surface area contributed by atoms with Crippen LogP contribution in [0.1, 0.15) is 72.6 Å². The molecular weight excluding hydrogens is 424 g/mol. The molecule has 10 rings (SSSR count). The molecular formula is C29H28N2O3. The van der Waals surface area contributed by atoms with Gasteiger partial charge in [-0.15, -0.1) is 0 Å². The van der Waals surface area contributed by atoms with Gasteiger partial charge >= 0.3 is 0 Å². The van der Waals surface area contributed by atoms with Crippen LogP contribution in [-0.2, 0) is 14.4 Å². The van der Waals surface area contributed by atoms with Crippen molar-refractivity contribution in [3.05, 3.63) is 70.8 Å². The second-order valence-electron chi connectivity index (χ2n) is 11.9. The molecule has 3 amide bonds. The van der Waals surface area contributed by atoms with Gasteiger partial charge in [-0.05, 0) is 78.5 Å². The minimum atomic E-state index is -0.445. The number of carbonyl (C=O) groups excluding carboxylic acids is 3. The Hall–Kier alpha value is -2.95. The van der Waals surface area contributed by atoms with E-state index in [1.54, 1.807) is 0 Å². The Morgan fingerprint density at radius 1 is 0.706 bits per heavy atom. The Bertz CT molecular complexity index is 1130. The lowest BCUT2D eigenvalue weighted by Crippen LogP contribution is -2.58. The zero-order valence-electron chi connectivity index (χ0n) is 19.1. The van der Waals surface area contributed by atoms with Crippen LogP contribution >= 0.6 is 0 Å². The topological polar surface area (TPSA) is 66.5 Å².